The van der Waals surface area contributed by atoms with Crippen molar-refractivity contribution in [2.24, 2.45) is 0 Å². The minimum atomic E-state index is -0.349. The monoisotopic (exact) mass is 153 g/mol. The Hall–Kier alpha value is -0.560. The molecule has 1 heteroatoms. The molecule has 0 saturated carbocycles. The molecule has 0 spiro atoms. The van der Waals surface area contributed by atoms with Gasteiger partial charge in [-0.15, -0.1) is 0 Å². The van der Waals surface area contributed by atoms with E-state index in [4.69, 9.17) is 0 Å². The van der Waals surface area contributed by atoms with Crippen LogP contribution < -0.4 is 0 Å². The second-order valence-corrected chi connectivity index (χ2v) is 3.07. The average molecular weight is 153 g/mol. The summed E-state index contributed by atoms with van der Waals surface area (Å²) in [6.07, 6.45) is 3.97. The van der Waals surface area contributed by atoms with Gasteiger partial charge in [0.1, 0.15) is 0 Å². The van der Waals surface area contributed by atoms with Gasteiger partial charge in [0.15, 0.2) is 0 Å². The molecule has 0 aromatic heterocycles. The van der Waals surface area contributed by atoms with Crippen molar-refractivity contribution in [2.45, 2.75) is 33.3 Å². The average Bonchev–Trinajstić information content (AvgIpc) is 1.85. The summed E-state index contributed by atoms with van der Waals surface area (Å²) in [5, 5.41) is 9.38. The molecule has 0 aliphatic rings. The number of aliphatic hydroxyl groups is 1. The van der Waals surface area contributed by atoms with Crippen LogP contribution >= 0.6 is 0 Å². The molecule has 0 aromatic carbocycles. The lowest BCUT2D eigenvalue weighted by molar-refractivity contribution is 0.223. The van der Waals surface area contributed by atoms with E-state index in [2.05, 4.69) is 6.92 Å². The Bertz CT molecular complexity index is 162. The lowest BCUT2D eigenvalue weighted by atomic mass is 10.1. The van der Waals surface area contributed by atoms with Gasteiger partial charge in [-0.3, -0.25) is 0 Å². The maximum Gasteiger partial charge on any atom is 0.0760 e. The Labute approximate surface area is 69.4 Å². The van der Waals surface area contributed by atoms with Gasteiger partial charge < -0.3 is 5.11 Å². The van der Waals surface area contributed by atoms with E-state index in [1.807, 2.05) is 26.8 Å². The molecule has 1 radical (unpaired) electrons. The normalized spacial score (nSPS) is 14.5. The zero-order valence-electron chi connectivity index (χ0n) is 7.59. The minimum absolute atomic E-state index is 0.349. The Balaban J connectivity index is 3.88. The van der Waals surface area contributed by atoms with Crippen molar-refractivity contribution in [3.63, 3.8) is 0 Å². The molecule has 1 N–H and O–H groups in total. The van der Waals surface area contributed by atoms with E-state index in [1.165, 1.54) is 0 Å². The Morgan fingerprint density at radius 1 is 1.45 bits per heavy atom. The Morgan fingerprint density at radius 3 is 2.36 bits per heavy atom. The maximum absolute atomic E-state index is 9.38. The summed E-state index contributed by atoms with van der Waals surface area (Å²) in [5.41, 5.74) is 2.27. The van der Waals surface area contributed by atoms with E-state index in [-0.39, 0.29) is 6.10 Å². The molecular formula is C10H17O. The fourth-order valence-corrected chi connectivity index (χ4v) is 0.857. The zero-order chi connectivity index (χ0) is 8.85. The van der Waals surface area contributed by atoms with Gasteiger partial charge in [-0.25, -0.2) is 0 Å². The van der Waals surface area contributed by atoms with Crippen molar-refractivity contribution in [2.75, 3.05) is 0 Å². The van der Waals surface area contributed by atoms with Crippen molar-refractivity contribution in [1.29, 1.82) is 0 Å². The molecule has 0 saturated heterocycles. The SMILES string of the molecule is [CH2]/C=C(\C)CC(O)C=C(C)C. The second-order valence-electron chi connectivity index (χ2n) is 3.07. The van der Waals surface area contributed by atoms with Crippen LogP contribution in [0.4, 0.5) is 0 Å². The number of hydrogen-bond acceptors (Lipinski definition) is 1. The van der Waals surface area contributed by atoms with Crippen molar-refractivity contribution in [3.8, 4) is 0 Å². The van der Waals surface area contributed by atoms with Crippen LogP contribution in [0.3, 0.4) is 0 Å². The predicted octanol–water partition coefficient (Wildman–Crippen LogP) is 2.48. The lowest BCUT2D eigenvalue weighted by Gasteiger charge is -2.05. The molecule has 0 heterocycles. The lowest BCUT2D eigenvalue weighted by Crippen LogP contribution is -2.02. The van der Waals surface area contributed by atoms with Crippen molar-refractivity contribution < 1.29 is 5.11 Å². The van der Waals surface area contributed by atoms with Gasteiger partial charge in [-0.1, -0.05) is 23.3 Å². The predicted molar refractivity (Wildman–Crippen MR) is 49.2 cm³/mol. The maximum atomic E-state index is 9.38. The van der Waals surface area contributed by atoms with E-state index < -0.39 is 0 Å². The van der Waals surface area contributed by atoms with Crippen LogP contribution in [-0.2, 0) is 0 Å². The molecule has 63 valence electrons. The first kappa shape index (κ1) is 10.4. The van der Waals surface area contributed by atoms with Gasteiger partial charge in [-0.05, 0) is 34.1 Å². The topological polar surface area (TPSA) is 20.2 Å². The van der Waals surface area contributed by atoms with Crippen LogP contribution in [0.15, 0.2) is 23.3 Å². The molecule has 0 aliphatic heterocycles. The largest absolute Gasteiger partial charge is 0.389 e. The van der Waals surface area contributed by atoms with Crippen LogP contribution in [0.2, 0.25) is 0 Å². The van der Waals surface area contributed by atoms with Crippen LogP contribution in [0.25, 0.3) is 0 Å². The highest BCUT2D eigenvalue weighted by Crippen LogP contribution is 2.06. The molecule has 0 aliphatic carbocycles. The van der Waals surface area contributed by atoms with Crippen molar-refractivity contribution in [1.82, 2.24) is 0 Å². The summed E-state index contributed by atoms with van der Waals surface area (Å²) in [7, 11) is 0. The molecule has 1 nitrogen and oxygen atoms in total. The summed E-state index contributed by atoms with van der Waals surface area (Å²) < 4.78 is 0. The third-order valence-corrected chi connectivity index (χ3v) is 1.41. The Morgan fingerprint density at radius 2 is 2.00 bits per heavy atom. The first-order chi connectivity index (χ1) is 5.06. The summed E-state index contributed by atoms with van der Waals surface area (Å²) >= 11 is 0. The number of hydrogen-bond donors (Lipinski definition) is 1. The Kier molecular flexibility index (Phi) is 4.88. The third kappa shape index (κ3) is 5.86. The zero-order valence-corrected chi connectivity index (χ0v) is 7.59. The van der Waals surface area contributed by atoms with Gasteiger partial charge >= 0.3 is 0 Å². The number of aliphatic hydroxyl groups excluding tert-OH is 1. The highest BCUT2D eigenvalue weighted by molar-refractivity contribution is 5.07. The quantitative estimate of drug-likeness (QED) is 0.617. The van der Waals surface area contributed by atoms with Crippen LogP contribution in [0.1, 0.15) is 27.2 Å². The molecule has 0 amide bonds. The fraction of sp³-hybridized carbons (Fsp3) is 0.500. The molecule has 1 atom stereocenters. The highest BCUT2D eigenvalue weighted by atomic mass is 16.3. The van der Waals surface area contributed by atoms with Crippen molar-refractivity contribution in [3.05, 3.63) is 30.2 Å². The first-order valence-corrected chi connectivity index (χ1v) is 3.84. The summed E-state index contributed by atoms with van der Waals surface area (Å²) in [6, 6.07) is 0. The van der Waals surface area contributed by atoms with E-state index >= 15 is 0 Å². The van der Waals surface area contributed by atoms with Gasteiger partial charge in [-0.2, -0.15) is 0 Å². The molecule has 0 aromatic rings. The summed E-state index contributed by atoms with van der Waals surface area (Å²) in [6.45, 7) is 9.55. The molecule has 0 fully saturated rings. The first-order valence-electron chi connectivity index (χ1n) is 3.84. The van der Waals surface area contributed by atoms with Gasteiger partial charge in [0.25, 0.3) is 0 Å². The van der Waals surface area contributed by atoms with Crippen molar-refractivity contribution >= 4 is 0 Å². The third-order valence-electron chi connectivity index (χ3n) is 1.41. The molecule has 0 bridgehead atoms. The van der Waals surface area contributed by atoms with E-state index in [1.54, 1.807) is 6.08 Å². The van der Waals surface area contributed by atoms with Crippen LogP contribution in [0.5, 0.6) is 0 Å². The van der Waals surface area contributed by atoms with Gasteiger partial charge in [0, 0.05) is 0 Å². The van der Waals surface area contributed by atoms with Gasteiger partial charge in [0.2, 0.25) is 0 Å². The highest BCUT2D eigenvalue weighted by Gasteiger charge is 1.99. The molecule has 1 unspecified atom stereocenters. The fourth-order valence-electron chi connectivity index (χ4n) is 0.857. The summed E-state index contributed by atoms with van der Waals surface area (Å²) in [4.78, 5) is 0. The molecule has 11 heavy (non-hydrogen) atoms. The van der Waals surface area contributed by atoms with E-state index in [9.17, 15) is 5.11 Å². The molecular weight excluding hydrogens is 136 g/mol. The summed E-state index contributed by atoms with van der Waals surface area (Å²) in [5.74, 6) is 0. The van der Waals surface area contributed by atoms with Gasteiger partial charge in [0.05, 0.1) is 6.10 Å². The van der Waals surface area contributed by atoms with Crippen LogP contribution in [-0.4, -0.2) is 11.2 Å². The minimum Gasteiger partial charge on any atom is -0.389 e. The van der Waals surface area contributed by atoms with E-state index in [0.717, 1.165) is 11.1 Å². The standard InChI is InChI=1S/C10H17O/c1-5-9(4)7-10(11)6-8(2)3/h5-6,10-11H,1,7H2,2-4H3/b9-5+. The van der Waals surface area contributed by atoms with E-state index in [0.29, 0.717) is 6.42 Å². The second kappa shape index (κ2) is 5.14. The number of allylic oxidation sites excluding steroid dienone is 2. The molecule has 0 rings (SSSR count). The number of rotatable bonds is 3. The van der Waals surface area contributed by atoms with Crippen LogP contribution in [0, 0.1) is 6.92 Å². The smallest absolute Gasteiger partial charge is 0.0760 e.